The van der Waals surface area contributed by atoms with Crippen LogP contribution < -0.4 is 4.72 Å². The van der Waals surface area contributed by atoms with Gasteiger partial charge in [-0.15, -0.1) is 0 Å². The van der Waals surface area contributed by atoms with E-state index >= 15 is 0 Å². The number of aliphatic hydroxyl groups excluding tert-OH is 1. The number of sulfonamides is 1. The first kappa shape index (κ1) is 17.2. The van der Waals surface area contributed by atoms with Crippen LogP contribution in [0.2, 0.25) is 5.02 Å². The first-order valence-electron chi connectivity index (χ1n) is 6.46. The van der Waals surface area contributed by atoms with Gasteiger partial charge < -0.3 is 5.11 Å². The first-order chi connectivity index (χ1) is 9.35. The van der Waals surface area contributed by atoms with Gasteiger partial charge in [0.2, 0.25) is 10.0 Å². The van der Waals surface area contributed by atoms with Gasteiger partial charge >= 0.3 is 0 Å². The SMILES string of the molecule is CCC(C)C(O)CNS(=O)(=O)/C=C/c1ccccc1Cl. The Morgan fingerprint density at radius 3 is 2.65 bits per heavy atom. The van der Waals surface area contributed by atoms with Crippen LogP contribution in [-0.4, -0.2) is 26.2 Å². The molecular formula is C14H20ClNO3S. The van der Waals surface area contributed by atoms with Crippen LogP contribution in [0.4, 0.5) is 0 Å². The minimum absolute atomic E-state index is 0.00417. The molecule has 20 heavy (non-hydrogen) atoms. The number of hydrogen-bond donors (Lipinski definition) is 2. The Hall–Kier alpha value is -0.880. The molecule has 0 aliphatic carbocycles. The summed E-state index contributed by atoms with van der Waals surface area (Å²) in [6.07, 6.45) is 1.53. The van der Waals surface area contributed by atoms with E-state index < -0.39 is 16.1 Å². The zero-order valence-electron chi connectivity index (χ0n) is 11.6. The highest BCUT2D eigenvalue weighted by Crippen LogP contribution is 2.16. The van der Waals surface area contributed by atoms with Crippen LogP contribution in [0.3, 0.4) is 0 Å². The zero-order valence-corrected chi connectivity index (χ0v) is 13.2. The number of halogens is 1. The van der Waals surface area contributed by atoms with Crippen molar-refractivity contribution in [3.05, 3.63) is 40.3 Å². The fraction of sp³-hybridized carbons (Fsp3) is 0.429. The molecule has 0 radical (unpaired) electrons. The molecule has 2 N–H and O–H groups in total. The maximum atomic E-state index is 11.8. The molecule has 0 aromatic heterocycles. The maximum Gasteiger partial charge on any atom is 0.233 e. The van der Waals surface area contributed by atoms with Gasteiger partial charge in [0.25, 0.3) is 0 Å². The molecule has 6 heteroatoms. The molecule has 0 fully saturated rings. The maximum absolute atomic E-state index is 11.8. The van der Waals surface area contributed by atoms with E-state index in [0.29, 0.717) is 10.6 Å². The third-order valence-electron chi connectivity index (χ3n) is 3.13. The summed E-state index contributed by atoms with van der Waals surface area (Å²) in [5.41, 5.74) is 0.627. The van der Waals surface area contributed by atoms with Gasteiger partial charge in [-0.3, -0.25) is 0 Å². The van der Waals surface area contributed by atoms with Crippen molar-refractivity contribution in [3.8, 4) is 0 Å². The summed E-state index contributed by atoms with van der Waals surface area (Å²) < 4.78 is 25.9. The molecule has 0 aliphatic rings. The largest absolute Gasteiger partial charge is 0.391 e. The lowest BCUT2D eigenvalue weighted by molar-refractivity contribution is 0.119. The smallest absolute Gasteiger partial charge is 0.233 e. The number of aliphatic hydroxyl groups is 1. The van der Waals surface area contributed by atoms with Crippen molar-refractivity contribution in [1.29, 1.82) is 0 Å². The van der Waals surface area contributed by atoms with Gasteiger partial charge in [-0.25, -0.2) is 13.1 Å². The number of hydrogen-bond acceptors (Lipinski definition) is 3. The summed E-state index contributed by atoms with van der Waals surface area (Å²) in [4.78, 5) is 0. The molecule has 4 nitrogen and oxygen atoms in total. The number of rotatable bonds is 7. The lowest BCUT2D eigenvalue weighted by Crippen LogP contribution is -2.34. The lowest BCUT2D eigenvalue weighted by atomic mass is 10.0. The van der Waals surface area contributed by atoms with Crippen LogP contribution >= 0.6 is 11.6 Å². The third kappa shape index (κ3) is 5.63. The summed E-state index contributed by atoms with van der Waals surface area (Å²) >= 11 is 5.93. The lowest BCUT2D eigenvalue weighted by Gasteiger charge is -2.16. The van der Waals surface area contributed by atoms with Crippen molar-refractivity contribution in [2.24, 2.45) is 5.92 Å². The molecule has 1 rings (SSSR count). The summed E-state index contributed by atoms with van der Waals surface area (Å²) in [6.45, 7) is 3.82. The van der Waals surface area contributed by atoms with E-state index in [4.69, 9.17) is 11.6 Å². The standard InChI is InChI=1S/C14H20ClNO3S/c1-3-11(2)14(17)10-16-20(18,19)9-8-12-6-4-5-7-13(12)15/h4-9,11,14,16-17H,3,10H2,1-2H3/b9-8+. The van der Waals surface area contributed by atoms with Crippen LogP contribution in [0.1, 0.15) is 25.8 Å². The van der Waals surface area contributed by atoms with E-state index in [9.17, 15) is 13.5 Å². The van der Waals surface area contributed by atoms with Crippen LogP contribution in [0.5, 0.6) is 0 Å². The quantitative estimate of drug-likeness (QED) is 0.812. The normalized spacial score (nSPS) is 15.4. The summed E-state index contributed by atoms with van der Waals surface area (Å²) in [5.74, 6) is 0.0465. The van der Waals surface area contributed by atoms with Crippen molar-refractivity contribution in [1.82, 2.24) is 4.72 Å². The second-order valence-electron chi connectivity index (χ2n) is 4.67. The van der Waals surface area contributed by atoms with Gasteiger partial charge in [-0.05, 0) is 23.6 Å². The highest BCUT2D eigenvalue weighted by molar-refractivity contribution is 7.92. The predicted octanol–water partition coefficient (Wildman–Crippen LogP) is 2.64. The highest BCUT2D eigenvalue weighted by atomic mass is 35.5. The minimum Gasteiger partial charge on any atom is -0.391 e. The van der Waals surface area contributed by atoms with E-state index in [-0.39, 0.29) is 12.5 Å². The van der Waals surface area contributed by atoms with Gasteiger partial charge in [-0.1, -0.05) is 50.1 Å². The summed E-state index contributed by atoms with van der Waals surface area (Å²) in [5, 5.41) is 11.3. The van der Waals surface area contributed by atoms with E-state index in [0.717, 1.165) is 11.8 Å². The zero-order chi connectivity index (χ0) is 15.2. The minimum atomic E-state index is -3.58. The van der Waals surface area contributed by atoms with Crippen LogP contribution in [0.25, 0.3) is 6.08 Å². The topological polar surface area (TPSA) is 66.4 Å². The number of nitrogens with one attached hydrogen (secondary N) is 1. The fourth-order valence-corrected chi connectivity index (χ4v) is 2.52. The van der Waals surface area contributed by atoms with Crippen molar-refractivity contribution in [2.45, 2.75) is 26.4 Å². The van der Waals surface area contributed by atoms with Crippen LogP contribution in [0, 0.1) is 5.92 Å². The molecule has 0 amide bonds. The van der Waals surface area contributed by atoms with E-state index in [2.05, 4.69) is 4.72 Å². The molecule has 2 unspecified atom stereocenters. The predicted molar refractivity (Wildman–Crippen MR) is 82.9 cm³/mol. The van der Waals surface area contributed by atoms with Gasteiger partial charge in [0, 0.05) is 17.0 Å². The third-order valence-corrected chi connectivity index (χ3v) is 4.53. The Morgan fingerprint density at radius 2 is 2.05 bits per heavy atom. The van der Waals surface area contributed by atoms with Gasteiger partial charge in [-0.2, -0.15) is 0 Å². The number of benzene rings is 1. The summed E-state index contributed by atoms with van der Waals surface area (Å²) in [6, 6.07) is 6.96. The molecule has 0 heterocycles. The summed E-state index contributed by atoms with van der Waals surface area (Å²) in [7, 11) is -3.58. The van der Waals surface area contributed by atoms with Crippen molar-refractivity contribution in [2.75, 3.05) is 6.54 Å². The second kappa shape index (κ2) is 7.78. The highest BCUT2D eigenvalue weighted by Gasteiger charge is 2.15. The van der Waals surface area contributed by atoms with Crippen LogP contribution in [-0.2, 0) is 10.0 Å². The molecular weight excluding hydrogens is 298 g/mol. The molecule has 1 aromatic rings. The van der Waals surface area contributed by atoms with E-state index in [1.165, 1.54) is 6.08 Å². The molecule has 2 atom stereocenters. The Balaban J connectivity index is 2.64. The molecule has 0 saturated carbocycles. The van der Waals surface area contributed by atoms with Gasteiger partial charge in [0.1, 0.15) is 0 Å². The average molecular weight is 318 g/mol. The average Bonchev–Trinajstić information content (AvgIpc) is 2.43. The fourth-order valence-electron chi connectivity index (χ4n) is 1.50. The van der Waals surface area contributed by atoms with Crippen molar-refractivity contribution < 1.29 is 13.5 Å². The Bertz CT molecular complexity index is 557. The monoisotopic (exact) mass is 317 g/mol. The Morgan fingerprint density at radius 1 is 1.40 bits per heavy atom. The molecule has 0 saturated heterocycles. The molecule has 1 aromatic carbocycles. The molecule has 0 bridgehead atoms. The van der Waals surface area contributed by atoms with Gasteiger partial charge in [0.15, 0.2) is 0 Å². The van der Waals surface area contributed by atoms with E-state index in [1.807, 2.05) is 13.8 Å². The second-order valence-corrected chi connectivity index (χ2v) is 6.73. The van der Waals surface area contributed by atoms with Crippen molar-refractivity contribution >= 4 is 27.7 Å². The Kier molecular flexibility index (Phi) is 6.68. The Labute approximate surface area is 125 Å². The first-order valence-corrected chi connectivity index (χ1v) is 8.38. The molecule has 112 valence electrons. The van der Waals surface area contributed by atoms with E-state index in [1.54, 1.807) is 24.3 Å². The molecule has 0 spiro atoms. The van der Waals surface area contributed by atoms with Gasteiger partial charge in [0.05, 0.1) is 6.10 Å². The van der Waals surface area contributed by atoms with Crippen LogP contribution in [0.15, 0.2) is 29.7 Å². The molecule has 0 aliphatic heterocycles. The van der Waals surface area contributed by atoms with Crippen molar-refractivity contribution in [3.63, 3.8) is 0 Å².